The van der Waals surface area contributed by atoms with Gasteiger partial charge in [0.05, 0.1) is 12.2 Å². The predicted molar refractivity (Wildman–Crippen MR) is 82.5 cm³/mol. The van der Waals surface area contributed by atoms with Crippen LogP contribution < -0.4 is 4.72 Å². The van der Waals surface area contributed by atoms with Crippen LogP contribution in [-0.2, 0) is 27.9 Å². The van der Waals surface area contributed by atoms with Gasteiger partial charge >= 0.3 is 0 Å². The highest BCUT2D eigenvalue weighted by Gasteiger charge is 2.25. The molecule has 3 rings (SSSR count). The third kappa shape index (κ3) is 3.41. The number of halogens is 1. The van der Waals surface area contributed by atoms with Gasteiger partial charge in [0.2, 0.25) is 15.9 Å². The number of nitrogens with zero attached hydrogens (tertiary/aromatic N) is 3. The van der Waals surface area contributed by atoms with Crippen molar-refractivity contribution < 1.29 is 17.6 Å². The summed E-state index contributed by atoms with van der Waals surface area (Å²) in [7, 11) is -3.98. The molecule has 1 N–H and O–H groups in total. The van der Waals surface area contributed by atoms with Crippen LogP contribution in [0.3, 0.4) is 0 Å². The van der Waals surface area contributed by atoms with Crippen LogP contribution in [-0.4, -0.2) is 35.7 Å². The number of amides is 1. The Bertz CT molecular complexity index is 848. The maximum atomic E-state index is 13.6. The fourth-order valence-corrected chi connectivity index (χ4v) is 3.58. The maximum absolute atomic E-state index is 13.6. The molecule has 7 nitrogen and oxygen atoms in total. The molecule has 0 atom stereocenters. The lowest BCUT2D eigenvalue weighted by Crippen LogP contribution is -2.32. The number of fused-ring (bicyclic) bond motifs is 1. The van der Waals surface area contributed by atoms with E-state index < -0.39 is 20.7 Å². The molecule has 0 aliphatic carbocycles. The molecule has 1 aromatic carbocycles. The van der Waals surface area contributed by atoms with Crippen molar-refractivity contribution in [2.24, 2.45) is 0 Å². The minimum atomic E-state index is -3.98. The van der Waals surface area contributed by atoms with Crippen molar-refractivity contribution in [3.8, 4) is 0 Å². The molecule has 0 unspecified atom stereocenters. The van der Waals surface area contributed by atoms with Gasteiger partial charge in [-0.3, -0.25) is 4.79 Å². The lowest BCUT2D eigenvalue weighted by molar-refractivity contribution is -0.131. The van der Waals surface area contributed by atoms with Gasteiger partial charge < -0.3 is 4.90 Å². The van der Waals surface area contributed by atoms with Crippen LogP contribution in [0.4, 0.5) is 4.39 Å². The normalized spacial score (nSPS) is 13.8. The Morgan fingerprint density at radius 2 is 2.08 bits per heavy atom. The molecule has 1 aromatic heterocycles. The van der Waals surface area contributed by atoms with Crippen molar-refractivity contribution in [3.63, 3.8) is 0 Å². The van der Waals surface area contributed by atoms with E-state index in [-0.39, 0.29) is 18.9 Å². The summed E-state index contributed by atoms with van der Waals surface area (Å²) in [6.45, 7) is 0.694. The molecule has 0 saturated heterocycles. The van der Waals surface area contributed by atoms with Crippen LogP contribution in [0, 0.1) is 5.82 Å². The molecule has 9 heteroatoms. The molecule has 1 aliphatic heterocycles. The summed E-state index contributed by atoms with van der Waals surface area (Å²) < 4.78 is 39.9. The highest BCUT2D eigenvalue weighted by Crippen LogP contribution is 2.20. The maximum Gasteiger partial charge on any atom is 0.243 e. The van der Waals surface area contributed by atoms with Gasteiger partial charge in [0.15, 0.2) is 0 Å². The van der Waals surface area contributed by atoms with Crippen LogP contribution >= 0.6 is 0 Å². The number of aromatic nitrogens is 2. The average Bonchev–Trinajstić information content (AvgIpc) is 2.99. The van der Waals surface area contributed by atoms with E-state index in [4.69, 9.17) is 0 Å². The first-order valence-electron chi connectivity index (χ1n) is 7.27. The van der Waals surface area contributed by atoms with Gasteiger partial charge in [-0.1, -0.05) is 12.1 Å². The van der Waals surface area contributed by atoms with Gasteiger partial charge in [-0.2, -0.15) is 0 Å². The molecule has 2 aromatic rings. The molecule has 0 fully saturated rings. The zero-order chi connectivity index (χ0) is 17.2. The lowest BCUT2D eigenvalue weighted by atomic mass is 10.3. The van der Waals surface area contributed by atoms with Crippen molar-refractivity contribution >= 4 is 15.9 Å². The van der Waals surface area contributed by atoms with Crippen LogP contribution in [0.5, 0.6) is 0 Å². The Morgan fingerprint density at radius 3 is 2.83 bits per heavy atom. The van der Waals surface area contributed by atoms with Gasteiger partial charge in [0, 0.05) is 31.3 Å². The van der Waals surface area contributed by atoms with Crippen LogP contribution in [0.15, 0.2) is 41.7 Å². The second kappa shape index (κ2) is 6.62. The van der Waals surface area contributed by atoms with Gasteiger partial charge in [-0.15, -0.1) is 0 Å². The van der Waals surface area contributed by atoms with Crippen molar-refractivity contribution in [2.45, 2.75) is 24.4 Å². The van der Waals surface area contributed by atoms with E-state index in [9.17, 15) is 17.6 Å². The van der Waals surface area contributed by atoms with Crippen molar-refractivity contribution in [2.75, 3.05) is 6.54 Å². The number of hydrogen-bond acceptors (Lipinski definition) is 5. The minimum absolute atomic E-state index is 0.0188. The molecule has 2 heterocycles. The summed E-state index contributed by atoms with van der Waals surface area (Å²) in [5, 5.41) is 0. The van der Waals surface area contributed by atoms with Gasteiger partial charge in [0.25, 0.3) is 0 Å². The van der Waals surface area contributed by atoms with Crippen LogP contribution in [0.2, 0.25) is 0 Å². The van der Waals surface area contributed by atoms with Gasteiger partial charge in [-0.05, 0) is 12.1 Å². The third-order valence-corrected chi connectivity index (χ3v) is 5.19. The van der Waals surface area contributed by atoms with Crippen molar-refractivity contribution in [1.29, 1.82) is 0 Å². The summed E-state index contributed by atoms with van der Waals surface area (Å²) in [5.74, 6) is -1.03. The van der Waals surface area contributed by atoms with E-state index in [1.807, 2.05) is 0 Å². The van der Waals surface area contributed by atoms with Crippen molar-refractivity contribution in [3.05, 3.63) is 53.9 Å². The van der Waals surface area contributed by atoms with E-state index >= 15 is 0 Å². The summed E-state index contributed by atoms with van der Waals surface area (Å²) in [6, 6.07) is 5.09. The first kappa shape index (κ1) is 16.5. The summed E-state index contributed by atoms with van der Waals surface area (Å²) in [6.07, 6.45) is 3.07. The molecular formula is C15H15FN4O3S. The van der Waals surface area contributed by atoms with E-state index in [1.165, 1.54) is 24.5 Å². The molecule has 0 saturated carbocycles. The molecule has 126 valence electrons. The Balaban J connectivity index is 1.56. The number of carbonyl (C=O) groups excluding carboxylic acids is 1. The monoisotopic (exact) mass is 350 g/mol. The fourth-order valence-electron chi connectivity index (χ4n) is 2.47. The molecule has 1 amide bonds. The lowest BCUT2D eigenvalue weighted by Gasteiger charge is -2.15. The van der Waals surface area contributed by atoms with Gasteiger partial charge in [0.1, 0.15) is 17.0 Å². The quantitative estimate of drug-likeness (QED) is 0.862. The predicted octanol–water partition coefficient (Wildman–Crippen LogP) is 0.826. The molecule has 0 radical (unpaired) electrons. The van der Waals surface area contributed by atoms with Crippen molar-refractivity contribution in [1.82, 2.24) is 19.6 Å². The van der Waals surface area contributed by atoms with E-state index in [0.29, 0.717) is 13.1 Å². The number of rotatable bonds is 5. The Labute approximate surface area is 138 Å². The third-order valence-electron chi connectivity index (χ3n) is 3.69. The molecule has 1 aliphatic rings. The Hall–Kier alpha value is -2.39. The number of sulfonamides is 1. The molecule has 0 bridgehead atoms. The molecule has 24 heavy (non-hydrogen) atoms. The summed E-state index contributed by atoms with van der Waals surface area (Å²) in [4.78, 5) is 21.3. The van der Waals surface area contributed by atoms with E-state index in [1.54, 1.807) is 11.1 Å². The zero-order valence-electron chi connectivity index (χ0n) is 12.6. The SMILES string of the molecule is O=C(CCNS(=O)(=O)c1ccccc1F)N1Cc2cncnc2C1. The zero-order valence-corrected chi connectivity index (χ0v) is 13.5. The smallest absolute Gasteiger partial charge is 0.243 e. The standard InChI is InChI=1S/C15H15FN4O3S/c16-12-3-1-2-4-14(12)24(22,23)19-6-5-15(21)20-8-11-7-17-10-18-13(11)9-20/h1-4,7,10,19H,5-6,8-9H2. The van der Waals surface area contributed by atoms with Gasteiger partial charge in [-0.25, -0.2) is 27.5 Å². The number of benzene rings is 1. The Kier molecular flexibility index (Phi) is 4.54. The highest BCUT2D eigenvalue weighted by molar-refractivity contribution is 7.89. The van der Waals surface area contributed by atoms with Crippen LogP contribution in [0.25, 0.3) is 0 Å². The number of carbonyl (C=O) groups is 1. The average molecular weight is 350 g/mol. The fraction of sp³-hybridized carbons (Fsp3) is 0.267. The topological polar surface area (TPSA) is 92.3 Å². The first-order chi connectivity index (χ1) is 11.5. The second-order valence-corrected chi connectivity index (χ2v) is 7.06. The highest BCUT2D eigenvalue weighted by atomic mass is 32.2. The second-order valence-electron chi connectivity index (χ2n) is 5.32. The number of nitrogens with one attached hydrogen (secondary N) is 1. The minimum Gasteiger partial charge on any atom is -0.332 e. The van der Waals surface area contributed by atoms with E-state index in [2.05, 4.69) is 14.7 Å². The summed E-state index contributed by atoms with van der Waals surface area (Å²) in [5.41, 5.74) is 1.68. The molecular weight excluding hydrogens is 335 g/mol. The van der Waals surface area contributed by atoms with E-state index in [0.717, 1.165) is 17.3 Å². The largest absolute Gasteiger partial charge is 0.332 e. The number of hydrogen-bond donors (Lipinski definition) is 1. The first-order valence-corrected chi connectivity index (χ1v) is 8.75. The Morgan fingerprint density at radius 1 is 1.29 bits per heavy atom. The summed E-state index contributed by atoms with van der Waals surface area (Å²) >= 11 is 0. The molecule has 0 spiro atoms. The van der Waals surface area contributed by atoms with Crippen LogP contribution in [0.1, 0.15) is 17.7 Å².